The van der Waals surface area contributed by atoms with E-state index in [9.17, 15) is 14.9 Å². The van der Waals surface area contributed by atoms with E-state index in [2.05, 4.69) is 20.9 Å². The SMILES string of the molecule is CSc1nnc(C)n1NC(=S)NC(=O)c1ccc(-c2cccc([N+](=O)[O-])c2)o1. The lowest BCUT2D eigenvalue weighted by molar-refractivity contribution is -0.384. The third kappa shape index (κ3) is 4.18. The molecule has 0 saturated carbocycles. The van der Waals surface area contributed by atoms with Crippen LogP contribution in [0, 0.1) is 17.0 Å². The summed E-state index contributed by atoms with van der Waals surface area (Å²) in [5.74, 6) is 0.348. The normalized spacial score (nSPS) is 10.5. The van der Waals surface area contributed by atoms with E-state index >= 15 is 0 Å². The Morgan fingerprint density at radius 1 is 1.32 bits per heavy atom. The maximum atomic E-state index is 12.4. The van der Waals surface area contributed by atoms with E-state index < -0.39 is 10.8 Å². The molecule has 3 aromatic rings. The molecule has 0 aliphatic heterocycles. The van der Waals surface area contributed by atoms with Gasteiger partial charge < -0.3 is 4.42 Å². The second kappa shape index (κ2) is 8.19. The lowest BCUT2D eigenvalue weighted by Crippen LogP contribution is -2.38. The molecule has 28 heavy (non-hydrogen) atoms. The molecule has 2 heterocycles. The molecule has 12 heteroatoms. The van der Waals surface area contributed by atoms with Crippen LogP contribution in [-0.4, -0.2) is 37.1 Å². The van der Waals surface area contributed by atoms with Gasteiger partial charge in [0.2, 0.25) is 5.16 Å². The van der Waals surface area contributed by atoms with Crippen LogP contribution in [0.1, 0.15) is 16.4 Å². The summed E-state index contributed by atoms with van der Waals surface area (Å²) in [4.78, 5) is 22.8. The number of benzene rings is 1. The monoisotopic (exact) mass is 418 g/mol. The number of thiocarbonyl (C=S) groups is 1. The molecule has 0 bridgehead atoms. The van der Waals surface area contributed by atoms with Crippen molar-refractivity contribution in [2.45, 2.75) is 12.1 Å². The average molecular weight is 418 g/mol. The molecule has 0 aliphatic carbocycles. The Balaban J connectivity index is 1.70. The van der Waals surface area contributed by atoms with Gasteiger partial charge in [-0.15, -0.1) is 10.2 Å². The van der Waals surface area contributed by atoms with E-state index in [-0.39, 0.29) is 16.6 Å². The topological polar surface area (TPSA) is 128 Å². The van der Waals surface area contributed by atoms with Gasteiger partial charge in [-0.3, -0.25) is 25.7 Å². The van der Waals surface area contributed by atoms with E-state index in [0.29, 0.717) is 22.3 Å². The molecule has 1 amide bonds. The molecule has 0 saturated heterocycles. The van der Waals surface area contributed by atoms with Crippen molar-refractivity contribution in [1.29, 1.82) is 0 Å². The second-order valence-corrected chi connectivity index (χ2v) is 6.62. The summed E-state index contributed by atoms with van der Waals surface area (Å²) in [5.41, 5.74) is 3.24. The summed E-state index contributed by atoms with van der Waals surface area (Å²) in [6.07, 6.45) is 1.83. The molecule has 0 unspecified atom stereocenters. The Kier molecular flexibility index (Phi) is 5.70. The van der Waals surface area contributed by atoms with Crippen LogP contribution in [0.3, 0.4) is 0 Å². The van der Waals surface area contributed by atoms with E-state index in [0.717, 1.165) is 0 Å². The number of nitro groups is 1. The highest BCUT2D eigenvalue weighted by atomic mass is 32.2. The number of carbonyl (C=O) groups excluding carboxylic acids is 1. The van der Waals surface area contributed by atoms with Crippen molar-refractivity contribution in [1.82, 2.24) is 20.2 Å². The smallest absolute Gasteiger partial charge is 0.293 e. The number of aromatic nitrogens is 3. The van der Waals surface area contributed by atoms with Gasteiger partial charge in [0.1, 0.15) is 11.6 Å². The summed E-state index contributed by atoms with van der Waals surface area (Å²) < 4.78 is 7.06. The number of aryl methyl sites for hydroxylation is 1. The van der Waals surface area contributed by atoms with E-state index in [4.69, 9.17) is 16.6 Å². The third-order valence-corrected chi connectivity index (χ3v) is 4.41. The number of rotatable bonds is 5. The summed E-state index contributed by atoms with van der Waals surface area (Å²) in [6, 6.07) is 8.95. The molecule has 0 radical (unpaired) electrons. The maximum Gasteiger partial charge on any atom is 0.293 e. The quantitative estimate of drug-likeness (QED) is 0.278. The van der Waals surface area contributed by atoms with E-state index in [1.165, 1.54) is 30.0 Å². The van der Waals surface area contributed by atoms with Crippen LogP contribution in [0.5, 0.6) is 0 Å². The Labute approximate surface area is 168 Å². The highest BCUT2D eigenvalue weighted by Gasteiger charge is 2.16. The van der Waals surface area contributed by atoms with E-state index in [1.54, 1.807) is 29.8 Å². The fraction of sp³-hybridized carbons (Fsp3) is 0.125. The minimum Gasteiger partial charge on any atom is -0.451 e. The fourth-order valence-corrected chi connectivity index (χ4v) is 2.95. The molecular formula is C16H14N6O4S2. The zero-order valence-electron chi connectivity index (χ0n) is 14.7. The number of carbonyl (C=O) groups is 1. The van der Waals surface area contributed by atoms with Crippen molar-refractivity contribution in [2.75, 3.05) is 11.7 Å². The number of nitrogens with one attached hydrogen (secondary N) is 2. The highest BCUT2D eigenvalue weighted by Crippen LogP contribution is 2.25. The number of nitrogens with zero attached hydrogens (tertiary/aromatic N) is 4. The van der Waals surface area contributed by atoms with Gasteiger partial charge in [0.15, 0.2) is 10.9 Å². The first-order valence-corrected chi connectivity index (χ1v) is 9.45. The molecule has 0 atom stereocenters. The Morgan fingerprint density at radius 3 is 2.82 bits per heavy atom. The standard InChI is InChI=1S/C16H14N6O4S2/c1-9-18-19-16(28-2)21(9)20-15(27)17-14(23)13-7-6-12(26-13)10-4-3-5-11(8-10)22(24)25/h3-8H,1-2H3,(H2,17,20,23,27). The molecule has 0 spiro atoms. The summed E-state index contributed by atoms with van der Waals surface area (Å²) in [7, 11) is 0. The van der Waals surface area contributed by atoms with Crippen molar-refractivity contribution >= 4 is 40.7 Å². The molecule has 0 fully saturated rings. The minimum atomic E-state index is -0.564. The summed E-state index contributed by atoms with van der Waals surface area (Å²) >= 11 is 6.51. The highest BCUT2D eigenvalue weighted by molar-refractivity contribution is 7.98. The average Bonchev–Trinajstić information content (AvgIpc) is 3.29. The predicted molar refractivity (Wildman–Crippen MR) is 107 cm³/mol. The van der Waals surface area contributed by atoms with Crippen LogP contribution in [0.2, 0.25) is 0 Å². The number of thioether (sulfide) groups is 1. The van der Waals surface area contributed by atoms with Crippen molar-refractivity contribution < 1.29 is 14.1 Å². The number of hydrogen-bond acceptors (Lipinski definition) is 8. The second-order valence-electron chi connectivity index (χ2n) is 5.44. The zero-order valence-corrected chi connectivity index (χ0v) is 16.3. The van der Waals surface area contributed by atoms with Crippen LogP contribution in [-0.2, 0) is 0 Å². The van der Waals surface area contributed by atoms with Gasteiger partial charge in [-0.1, -0.05) is 23.9 Å². The molecule has 1 aromatic carbocycles. The molecule has 0 aliphatic rings. The van der Waals surface area contributed by atoms with Crippen molar-refractivity contribution in [3.63, 3.8) is 0 Å². The fourth-order valence-electron chi connectivity index (χ4n) is 2.29. The van der Waals surface area contributed by atoms with Crippen molar-refractivity contribution in [3.8, 4) is 11.3 Å². The van der Waals surface area contributed by atoms with Crippen LogP contribution in [0.4, 0.5) is 5.69 Å². The van der Waals surface area contributed by atoms with Gasteiger partial charge >= 0.3 is 0 Å². The summed E-state index contributed by atoms with van der Waals surface area (Å²) in [6.45, 7) is 1.74. The molecule has 2 aromatic heterocycles. The predicted octanol–water partition coefficient (Wildman–Crippen LogP) is 2.74. The Morgan fingerprint density at radius 2 is 2.11 bits per heavy atom. The van der Waals surface area contributed by atoms with Gasteiger partial charge in [-0.25, -0.2) is 4.68 Å². The third-order valence-electron chi connectivity index (χ3n) is 3.59. The molecular weight excluding hydrogens is 404 g/mol. The lowest BCUT2D eigenvalue weighted by Gasteiger charge is -2.11. The van der Waals surface area contributed by atoms with Crippen molar-refractivity contribution in [3.05, 3.63) is 58.1 Å². The first kappa shape index (κ1) is 19.5. The number of nitro benzene ring substituents is 1. The molecule has 2 N–H and O–H groups in total. The Bertz CT molecular complexity index is 1060. The van der Waals surface area contributed by atoms with Crippen LogP contribution < -0.4 is 10.7 Å². The largest absolute Gasteiger partial charge is 0.451 e. The van der Waals surface area contributed by atoms with Crippen LogP contribution in [0.25, 0.3) is 11.3 Å². The van der Waals surface area contributed by atoms with Gasteiger partial charge in [0.05, 0.1) is 4.92 Å². The number of non-ortho nitro benzene ring substituents is 1. The first-order chi connectivity index (χ1) is 13.4. The van der Waals surface area contributed by atoms with Crippen LogP contribution >= 0.6 is 24.0 Å². The maximum absolute atomic E-state index is 12.4. The van der Waals surface area contributed by atoms with E-state index in [1.807, 2.05) is 6.26 Å². The summed E-state index contributed by atoms with van der Waals surface area (Å²) in [5, 5.41) is 21.9. The minimum absolute atomic E-state index is 0.0104. The molecule has 10 nitrogen and oxygen atoms in total. The molecule has 144 valence electrons. The van der Waals surface area contributed by atoms with Gasteiger partial charge in [0, 0.05) is 17.7 Å². The number of furan rings is 1. The van der Waals surface area contributed by atoms with Crippen molar-refractivity contribution in [2.24, 2.45) is 0 Å². The molecule has 3 rings (SSSR count). The number of hydrogen-bond donors (Lipinski definition) is 2. The van der Waals surface area contributed by atoms with Gasteiger partial charge in [-0.2, -0.15) is 0 Å². The van der Waals surface area contributed by atoms with Gasteiger partial charge in [-0.05, 0) is 37.5 Å². The zero-order chi connectivity index (χ0) is 20.3. The van der Waals surface area contributed by atoms with Gasteiger partial charge in [0.25, 0.3) is 11.6 Å². The lowest BCUT2D eigenvalue weighted by atomic mass is 10.1. The Hall–Kier alpha value is -3.25. The first-order valence-electron chi connectivity index (χ1n) is 7.82. The van der Waals surface area contributed by atoms with Crippen LogP contribution in [0.15, 0.2) is 46.0 Å². The number of amides is 1.